The van der Waals surface area contributed by atoms with Gasteiger partial charge in [-0.05, 0) is 6.92 Å². The van der Waals surface area contributed by atoms with Gasteiger partial charge in [-0.1, -0.05) is 6.58 Å². The molecule has 0 amide bonds. The van der Waals surface area contributed by atoms with Gasteiger partial charge in [0.15, 0.2) is 0 Å². The summed E-state index contributed by atoms with van der Waals surface area (Å²) in [6.45, 7) is 5.26. The monoisotopic (exact) mass is 241 g/mol. The Kier molecular flexibility index (Phi) is 10.5. The number of carbonyl (C=O) groups is 1. The molecule has 0 spiro atoms. The van der Waals surface area contributed by atoms with Gasteiger partial charge >= 0.3 is 16.4 Å². The van der Waals surface area contributed by atoms with Crippen LogP contribution in [0.15, 0.2) is 12.7 Å². The Morgan fingerprint density at radius 1 is 1.60 bits per heavy atom. The Morgan fingerprint density at radius 3 is 2.33 bits per heavy atom. The SMILES string of the molecule is C=CC(=O)OCCN.CCOS(=O)(=O)O. The first-order valence-electron chi connectivity index (χ1n) is 3.98. The third-order valence-electron chi connectivity index (χ3n) is 0.796. The third kappa shape index (κ3) is 19.4. The molecule has 0 atom stereocenters. The van der Waals surface area contributed by atoms with Crippen molar-refractivity contribution >= 4 is 16.4 Å². The lowest BCUT2D eigenvalue weighted by atomic mass is 10.6. The topological polar surface area (TPSA) is 116 Å². The van der Waals surface area contributed by atoms with Crippen molar-refractivity contribution in [1.29, 1.82) is 0 Å². The van der Waals surface area contributed by atoms with Gasteiger partial charge in [-0.2, -0.15) is 8.42 Å². The molecule has 15 heavy (non-hydrogen) atoms. The number of carbonyl (C=O) groups excluding carboxylic acids is 1. The Morgan fingerprint density at radius 2 is 2.13 bits per heavy atom. The van der Waals surface area contributed by atoms with E-state index in [2.05, 4.69) is 15.5 Å². The predicted molar refractivity (Wildman–Crippen MR) is 53.4 cm³/mol. The van der Waals surface area contributed by atoms with E-state index in [1.807, 2.05) is 0 Å². The molecular weight excluding hydrogens is 226 g/mol. The Balaban J connectivity index is 0. The normalized spacial score (nSPS) is 9.80. The van der Waals surface area contributed by atoms with E-state index < -0.39 is 16.4 Å². The van der Waals surface area contributed by atoms with Crippen LogP contribution >= 0.6 is 0 Å². The number of rotatable bonds is 5. The van der Waals surface area contributed by atoms with Crippen LogP contribution in [0.5, 0.6) is 0 Å². The zero-order chi connectivity index (χ0) is 12.3. The summed E-state index contributed by atoms with van der Waals surface area (Å²) in [5.41, 5.74) is 5.02. The molecule has 0 fully saturated rings. The lowest BCUT2D eigenvalue weighted by Crippen LogP contribution is -2.11. The summed E-state index contributed by atoms with van der Waals surface area (Å²) in [6, 6.07) is 0. The molecule has 0 aromatic rings. The molecule has 7 nitrogen and oxygen atoms in total. The van der Waals surface area contributed by atoms with Crippen molar-refractivity contribution in [2.24, 2.45) is 5.73 Å². The van der Waals surface area contributed by atoms with Crippen LogP contribution in [0.25, 0.3) is 0 Å². The average molecular weight is 241 g/mol. The first kappa shape index (κ1) is 16.5. The van der Waals surface area contributed by atoms with Crippen molar-refractivity contribution in [3.63, 3.8) is 0 Å². The van der Waals surface area contributed by atoms with Gasteiger partial charge in [-0.3, -0.25) is 4.55 Å². The van der Waals surface area contributed by atoms with Gasteiger partial charge in [-0.15, -0.1) is 0 Å². The molecule has 0 heterocycles. The molecule has 0 rings (SSSR count). The van der Waals surface area contributed by atoms with Gasteiger partial charge in [0.05, 0.1) is 6.61 Å². The molecule has 0 radical (unpaired) electrons. The van der Waals surface area contributed by atoms with Crippen LogP contribution in [0.3, 0.4) is 0 Å². The minimum atomic E-state index is -4.17. The Labute approximate surface area is 88.8 Å². The van der Waals surface area contributed by atoms with Crippen LogP contribution in [-0.4, -0.2) is 38.7 Å². The fraction of sp³-hybridized carbons (Fsp3) is 0.571. The minimum absolute atomic E-state index is 0.0289. The van der Waals surface area contributed by atoms with Crippen molar-refractivity contribution in [2.45, 2.75) is 6.92 Å². The van der Waals surface area contributed by atoms with E-state index in [9.17, 15) is 13.2 Å². The highest BCUT2D eigenvalue weighted by Gasteiger charge is 1.98. The molecule has 0 bridgehead atoms. The van der Waals surface area contributed by atoms with Gasteiger partial charge < -0.3 is 10.5 Å². The van der Waals surface area contributed by atoms with E-state index in [0.717, 1.165) is 6.08 Å². The molecule has 0 saturated heterocycles. The van der Waals surface area contributed by atoms with Crippen LogP contribution < -0.4 is 5.73 Å². The van der Waals surface area contributed by atoms with E-state index in [4.69, 9.17) is 10.3 Å². The van der Waals surface area contributed by atoms with Gasteiger partial charge in [0.1, 0.15) is 6.61 Å². The van der Waals surface area contributed by atoms with Crippen molar-refractivity contribution in [2.75, 3.05) is 19.8 Å². The highest BCUT2D eigenvalue weighted by molar-refractivity contribution is 7.80. The number of ether oxygens (including phenoxy) is 1. The molecule has 3 N–H and O–H groups in total. The fourth-order valence-corrected chi connectivity index (χ4v) is 0.665. The molecule has 0 aliphatic rings. The first-order valence-corrected chi connectivity index (χ1v) is 5.35. The minimum Gasteiger partial charge on any atom is -0.461 e. The highest BCUT2D eigenvalue weighted by atomic mass is 32.3. The summed E-state index contributed by atoms with van der Waals surface area (Å²) in [5.74, 6) is -0.421. The van der Waals surface area contributed by atoms with Crippen LogP contribution in [0, 0.1) is 0 Å². The maximum atomic E-state index is 10.2. The largest absolute Gasteiger partial charge is 0.461 e. The fourth-order valence-electron chi connectivity index (χ4n) is 0.367. The molecule has 0 unspecified atom stereocenters. The molecule has 90 valence electrons. The predicted octanol–water partition coefficient (Wildman–Crippen LogP) is -0.500. The smallest absolute Gasteiger partial charge is 0.397 e. The molecule has 0 aliphatic carbocycles. The van der Waals surface area contributed by atoms with Gasteiger partial charge in [0, 0.05) is 12.6 Å². The lowest BCUT2D eigenvalue weighted by Gasteiger charge is -1.94. The standard InChI is InChI=1S/C5H9NO2.C2H6O4S/c1-2-5(7)8-4-3-6;1-2-6-7(3,4)5/h2H,1,3-4,6H2;2H2,1H3,(H,3,4,5). The molecular formula is C7H15NO6S. The van der Waals surface area contributed by atoms with E-state index in [1.165, 1.54) is 6.92 Å². The lowest BCUT2D eigenvalue weighted by molar-refractivity contribution is -0.137. The Bertz CT molecular complexity index is 273. The maximum absolute atomic E-state index is 10.2. The van der Waals surface area contributed by atoms with Crippen LogP contribution in [0.4, 0.5) is 0 Å². The van der Waals surface area contributed by atoms with Crippen molar-refractivity contribution < 1.29 is 26.7 Å². The van der Waals surface area contributed by atoms with Crippen molar-refractivity contribution in [1.82, 2.24) is 0 Å². The van der Waals surface area contributed by atoms with E-state index in [-0.39, 0.29) is 13.2 Å². The number of hydrogen-bond acceptors (Lipinski definition) is 6. The maximum Gasteiger partial charge on any atom is 0.397 e. The molecule has 0 aliphatic heterocycles. The number of esters is 1. The quantitative estimate of drug-likeness (QED) is 0.378. The summed E-state index contributed by atoms with van der Waals surface area (Å²) in [6.07, 6.45) is 1.11. The van der Waals surface area contributed by atoms with Gasteiger partial charge in [-0.25, -0.2) is 8.98 Å². The highest BCUT2D eigenvalue weighted by Crippen LogP contribution is 1.81. The van der Waals surface area contributed by atoms with Crippen molar-refractivity contribution in [3.8, 4) is 0 Å². The zero-order valence-corrected chi connectivity index (χ0v) is 9.20. The third-order valence-corrected chi connectivity index (χ3v) is 1.33. The van der Waals surface area contributed by atoms with E-state index >= 15 is 0 Å². The molecule has 0 saturated carbocycles. The Hall–Kier alpha value is -0.960. The summed E-state index contributed by atoms with van der Waals surface area (Å²) >= 11 is 0. The molecule has 0 aromatic carbocycles. The summed E-state index contributed by atoms with van der Waals surface area (Å²) in [5, 5.41) is 0. The first-order chi connectivity index (χ1) is 6.87. The second-order valence-corrected chi connectivity index (χ2v) is 3.09. The zero-order valence-electron chi connectivity index (χ0n) is 8.38. The number of hydrogen-bond donors (Lipinski definition) is 2. The van der Waals surface area contributed by atoms with Gasteiger partial charge in [0.25, 0.3) is 0 Å². The average Bonchev–Trinajstić information content (AvgIpc) is 2.13. The summed E-state index contributed by atoms with van der Waals surface area (Å²) in [4.78, 5) is 10.2. The van der Waals surface area contributed by atoms with Crippen LogP contribution in [-0.2, 0) is 24.1 Å². The molecule has 0 aromatic heterocycles. The number of nitrogens with two attached hydrogens (primary N) is 1. The van der Waals surface area contributed by atoms with Crippen LogP contribution in [0.2, 0.25) is 0 Å². The van der Waals surface area contributed by atoms with Crippen molar-refractivity contribution in [3.05, 3.63) is 12.7 Å². The van der Waals surface area contributed by atoms with E-state index in [1.54, 1.807) is 0 Å². The summed E-state index contributed by atoms with van der Waals surface area (Å²) < 4.78 is 35.1. The van der Waals surface area contributed by atoms with Crippen LogP contribution in [0.1, 0.15) is 6.92 Å². The van der Waals surface area contributed by atoms with E-state index in [0.29, 0.717) is 6.54 Å². The molecule has 8 heteroatoms. The second kappa shape index (κ2) is 9.59. The summed E-state index contributed by atoms with van der Waals surface area (Å²) in [7, 11) is -4.17. The second-order valence-electron chi connectivity index (χ2n) is 1.99. The van der Waals surface area contributed by atoms with Gasteiger partial charge in [0.2, 0.25) is 0 Å².